The van der Waals surface area contributed by atoms with Crippen LogP contribution in [0.2, 0.25) is 0 Å². The number of benzene rings is 2. The molecule has 8 nitrogen and oxygen atoms in total. The van der Waals surface area contributed by atoms with E-state index >= 15 is 0 Å². The van der Waals surface area contributed by atoms with Gasteiger partial charge in [0.15, 0.2) is 0 Å². The van der Waals surface area contributed by atoms with Gasteiger partial charge in [0.05, 0.1) is 23.6 Å². The predicted octanol–water partition coefficient (Wildman–Crippen LogP) is 2.17. The molecule has 0 radical (unpaired) electrons. The van der Waals surface area contributed by atoms with Gasteiger partial charge in [-0.25, -0.2) is 8.42 Å². The van der Waals surface area contributed by atoms with Crippen molar-refractivity contribution in [2.24, 2.45) is 5.73 Å². The van der Waals surface area contributed by atoms with Crippen LogP contribution in [0.25, 0.3) is 11.5 Å². The lowest BCUT2D eigenvalue weighted by Crippen LogP contribution is -2.40. The highest BCUT2D eigenvalue weighted by atomic mass is 32.2. The molecule has 30 heavy (non-hydrogen) atoms. The van der Waals surface area contributed by atoms with Crippen molar-refractivity contribution >= 4 is 10.0 Å². The molecule has 2 N–H and O–H groups in total. The summed E-state index contributed by atoms with van der Waals surface area (Å²) in [6, 6.07) is 16.3. The summed E-state index contributed by atoms with van der Waals surface area (Å²) in [4.78, 5) is 0.223. The van der Waals surface area contributed by atoms with Gasteiger partial charge in [-0.2, -0.15) is 4.31 Å². The standard InChI is InChI=1S/C21H24N4O4S/c1-21(22,15-16-5-3-2-4-6-16)20-24-23-19(29-20)17-7-9-18(10-8-17)30(26,27)25-11-13-28-14-12-25/h2-10H,11-15,22H2,1H3/t21-/m1/s1. The number of nitrogens with zero attached hydrogens (tertiary/aromatic N) is 3. The highest BCUT2D eigenvalue weighted by molar-refractivity contribution is 7.89. The Labute approximate surface area is 175 Å². The zero-order valence-electron chi connectivity index (χ0n) is 16.7. The number of sulfonamides is 1. The quantitative estimate of drug-likeness (QED) is 0.640. The Balaban J connectivity index is 1.52. The van der Waals surface area contributed by atoms with E-state index < -0.39 is 15.6 Å². The van der Waals surface area contributed by atoms with Crippen LogP contribution in [0.5, 0.6) is 0 Å². The molecule has 1 fully saturated rings. The predicted molar refractivity (Wildman–Crippen MR) is 111 cm³/mol. The van der Waals surface area contributed by atoms with E-state index in [1.807, 2.05) is 37.3 Å². The van der Waals surface area contributed by atoms with Crippen molar-refractivity contribution in [3.63, 3.8) is 0 Å². The Hall–Kier alpha value is -2.59. The number of aromatic nitrogens is 2. The second-order valence-corrected chi connectivity index (χ2v) is 9.47. The van der Waals surface area contributed by atoms with Gasteiger partial charge >= 0.3 is 0 Å². The lowest BCUT2D eigenvalue weighted by molar-refractivity contribution is 0.0730. The summed E-state index contributed by atoms with van der Waals surface area (Å²) < 4.78 is 38.0. The van der Waals surface area contributed by atoms with Crippen molar-refractivity contribution in [1.29, 1.82) is 0 Å². The van der Waals surface area contributed by atoms with Gasteiger partial charge < -0.3 is 14.9 Å². The van der Waals surface area contributed by atoms with Crippen molar-refractivity contribution in [2.75, 3.05) is 26.3 Å². The average Bonchev–Trinajstić information content (AvgIpc) is 3.26. The third kappa shape index (κ3) is 4.29. The van der Waals surface area contributed by atoms with Gasteiger partial charge in [0.25, 0.3) is 0 Å². The maximum atomic E-state index is 12.7. The summed E-state index contributed by atoms with van der Waals surface area (Å²) in [6.45, 7) is 3.36. The van der Waals surface area contributed by atoms with Crippen LogP contribution in [0, 0.1) is 0 Å². The van der Waals surface area contributed by atoms with E-state index in [9.17, 15) is 8.42 Å². The van der Waals surface area contributed by atoms with Gasteiger partial charge in [0, 0.05) is 18.7 Å². The van der Waals surface area contributed by atoms with E-state index in [2.05, 4.69) is 10.2 Å². The van der Waals surface area contributed by atoms with Crippen LogP contribution in [0.4, 0.5) is 0 Å². The van der Waals surface area contributed by atoms with Gasteiger partial charge in [-0.3, -0.25) is 0 Å². The van der Waals surface area contributed by atoms with Gasteiger partial charge in [0.2, 0.25) is 21.8 Å². The summed E-state index contributed by atoms with van der Waals surface area (Å²) in [6.07, 6.45) is 0.548. The van der Waals surface area contributed by atoms with E-state index in [-0.39, 0.29) is 4.90 Å². The topological polar surface area (TPSA) is 112 Å². The Kier molecular flexibility index (Phi) is 5.70. The van der Waals surface area contributed by atoms with Crippen LogP contribution < -0.4 is 5.73 Å². The van der Waals surface area contributed by atoms with Crippen LogP contribution in [-0.2, 0) is 26.7 Å². The molecular weight excluding hydrogens is 404 g/mol. The molecule has 1 saturated heterocycles. The normalized spacial score (nSPS) is 17.5. The van der Waals surface area contributed by atoms with E-state index in [1.165, 1.54) is 4.31 Å². The van der Waals surface area contributed by atoms with Crippen LogP contribution in [0.15, 0.2) is 63.9 Å². The average molecular weight is 429 g/mol. The number of ether oxygens (including phenoxy) is 1. The van der Waals surface area contributed by atoms with Crippen LogP contribution >= 0.6 is 0 Å². The molecule has 0 unspecified atom stereocenters. The van der Waals surface area contributed by atoms with Crippen LogP contribution in [0.3, 0.4) is 0 Å². The zero-order chi connectivity index (χ0) is 21.2. The van der Waals surface area contributed by atoms with E-state index in [0.29, 0.717) is 50.1 Å². The summed E-state index contributed by atoms with van der Waals surface area (Å²) in [5.74, 6) is 0.622. The number of nitrogens with two attached hydrogens (primary N) is 1. The van der Waals surface area contributed by atoms with Crippen molar-refractivity contribution in [2.45, 2.75) is 23.8 Å². The summed E-state index contributed by atoms with van der Waals surface area (Å²) in [5.41, 5.74) is 7.31. The van der Waals surface area contributed by atoms with Crippen LogP contribution in [0.1, 0.15) is 18.4 Å². The zero-order valence-corrected chi connectivity index (χ0v) is 17.5. The summed E-state index contributed by atoms with van der Waals surface area (Å²) in [7, 11) is -3.55. The van der Waals surface area contributed by atoms with Gasteiger partial charge in [0.1, 0.15) is 0 Å². The SMILES string of the molecule is C[C@@](N)(Cc1ccccc1)c1nnc(-c2ccc(S(=O)(=O)N3CCOCC3)cc2)o1. The first kappa shape index (κ1) is 20.7. The van der Waals surface area contributed by atoms with Crippen molar-refractivity contribution < 1.29 is 17.6 Å². The van der Waals surface area contributed by atoms with E-state index in [1.54, 1.807) is 24.3 Å². The second kappa shape index (κ2) is 8.27. The maximum Gasteiger partial charge on any atom is 0.247 e. The van der Waals surface area contributed by atoms with Gasteiger partial charge in [-0.15, -0.1) is 10.2 Å². The maximum absolute atomic E-state index is 12.7. The minimum absolute atomic E-state index is 0.223. The first-order valence-electron chi connectivity index (χ1n) is 9.71. The van der Waals surface area contributed by atoms with Crippen molar-refractivity contribution in [3.05, 3.63) is 66.1 Å². The number of morpholine rings is 1. The van der Waals surface area contributed by atoms with E-state index in [0.717, 1.165) is 5.56 Å². The number of hydrogen-bond acceptors (Lipinski definition) is 7. The molecule has 1 aliphatic rings. The summed E-state index contributed by atoms with van der Waals surface area (Å²) in [5, 5.41) is 8.23. The fourth-order valence-electron chi connectivity index (χ4n) is 3.37. The summed E-state index contributed by atoms with van der Waals surface area (Å²) >= 11 is 0. The lowest BCUT2D eigenvalue weighted by Gasteiger charge is -2.26. The minimum Gasteiger partial charge on any atom is -0.419 e. The number of hydrogen-bond donors (Lipinski definition) is 1. The highest BCUT2D eigenvalue weighted by Gasteiger charge is 2.29. The lowest BCUT2D eigenvalue weighted by atomic mass is 9.94. The molecule has 0 saturated carbocycles. The molecule has 1 atom stereocenters. The third-order valence-corrected chi connectivity index (χ3v) is 6.95. The van der Waals surface area contributed by atoms with Crippen molar-refractivity contribution in [3.8, 4) is 11.5 Å². The molecule has 0 aliphatic carbocycles. The molecule has 0 amide bonds. The Morgan fingerprint density at radius 2 is 1.70 bits per heavy atom. The second-order valence-electron chi connectivity index (χ2n) is 7.53. The van der Waals surface area contributed by atoms with Gasteiger partial charge in [-0.05, 0) is 43.2 Å². The molecule has 9 heteroatoms. The number of rotatable bonds is 6. The van der Waals surface area contributed by atoms with Gasteiger partial charge in [-0.1, -0.05) is 30.3 Å². The molecule has 4 rings (SSSR count). The molecule has 2 aromatic carbocycles. The smallest absolute Gasteiger partial charge is 0.247 e. The fourth-order valence-corrected chi connectivity index (χ4v) is 4.78. The largest absolute Gasteiger partial charge is 0.419 e. The Morgan fingerprint density at radius 3 is 2.37 bits per heavy atom. The first-order valence-corrected chi connectivity index (χ1v) is 11.2. The molecule has 3 aromatic rings. The Morgan fingerprint density at radius 1 is 1.03 bits per heavy atom. The molecular formula is C21H24N4O4S. The fraction of sp³-hybridized carbons (Fsp3) is 0.333. The Bertz CT molecular complexity index is 1090. The molecule has 158 valence electrons. The first-order chi connectivity index (χ1) is 14.4. The van der Waals surface area contributed by atoms with Crippen molar-refractivity contribution in [1.82, 2.24) is 14.5 Å². The molecule has 1 aliphatic heterocycles. The molecule has 2 heterocycles. The third-order valence-electron chi connectivity index (χ3n) is 5.04. The molecule has 0 spiro atoms. The minimum atomic E-state index is -3.55. The van der Waals surface area contributed by atoms with E-state index in [4.69, 9.17) is 14.9 Å². The monoisotopic (exact) mass is 428 g/mol. The molecule has 1 aromatic heterocycles. The highest BCUT2D eigenvalue weighted by Crippen LogP contribution is 2.27. The molecule has 0 bridgehead atoms. The van der Waals surface area contributed by atoms with Crippen LogP contribution in [-0.4, -0.2) is 49.2 Å².